The maximum atomic E-state index is 6.27. The number of benzene rings is 1. The number of aryl methyl sites for hydroxylation is 1. The van der Waals surface area contributed by atoms with Crippen molar-refractivity contribution in [1.29, 1.82) is 0 Å². The van der Waals surface area contributed by atoms with Gasteiger partial charge in [-0.25, -0.2) is 9.97 Å². The topological polar surface area (TPSA) is 76.3 Å². The summed E-state index contributed by atoms with van der Waals surface area (Å²) < 4.78 is 5.39. The summed E-state index contributed by atoms with van der Waals surface area (Å²) in [6, 6.07) is 5.94. The van der Waals surface area contributed by atoms with Gasteiger partial charge in [-0.3, -0.25) is 0 Å². The van der Waals surface area contributed by atoms with Crippen LogP contribution in [0.5, 0.6) is 5.75 Å². The van der Waals surface area contributed by atoms with Crippen molar-refractivity contribution in [2.75, 3.05) is 36.1 Å². The van der Waals surface area contributed by atoms with Crippen molar-refractivity contribution in [3.8, 4) is 5.75 Å². The first-order valence-corrected chi connectivity index (χ1v) is 7.46. The van der Waals surface area contributed by atoms with E-state index in [2.05, 4.69) is 20.2 Å². The minimum Gasteiger partial charge on any atom is -0.495 e. The molecule has 1 fully saturated rings. The van der Waals surface area contributed by atoms with Crippen molar-refractivity contribution in [2.45, 2.75) is 19.8 Å². The number of aromatic nitrogens is 2. The summed E-state index contributed by atoms with van der Waals surface area (Å²) in [6.45, 7) is 4.02. The second-order valence-electron chi connectivity index (χ2n) is 5.48. The van der Waals surface area contributed by atoms with Crippen LogP contribution in [0.25, 0.3) is 0 Å². The highest BCUT2D eigenvalue weighted by atomic mass is 16.5. The van der Waals surface area contributed by atoms with Crippen LogP contribution >= 0.6 is 0 Å². The number of nitrogens with zero attached hydrogens (tertiary/aromatic N) is 3. The number of nitrogens with one attached hydrogen (secondary N) is 1. The Balaban J connectivity index is 1.92. The van der Waals surface area contributed by atoms with E-state index in [9.17, 15) is 0 Å². The van der Waals surface area contributed by atoms with E-state index in [1.54, 1.807) is 13.4 Å². The summed E-state index contributed by atoms with van der Waals surface area (Å²) in [6.07, 6.45) is 3.91. The molecule has 6 heteroatoms. The Morgan fingerprint density at radius 2 is 2.00 bits per heavy atom. The predicted molar refractivity (Wildman–Crippen MR) is 88.9 cm³/mol. The van der Waals surface area contributed by atoms with Crippen molar-refractivity contribution < 1.29 is 4.74 Å². The average Bonchev–Trinajstić information content (AvgIpc) is 3.04. The number of ether oxygens (including phenoxy) is 1. The van der Waals surface area contributed by atoms with E-state index < -0.39 is 0 Å². The number of nitrogen functional groups attached to an aromatic ring is 1. The molecule has 2 heterocycles. The molecule has 1 aliphatic rings. The molecule has 1 aromatic carbocycles. The van der Waals surface area contributed by atoms with Gasteiger partial charge in [0.25, 0.3) is 0 Å². The van der Waals surface area contributed by atoms with E-state index in [1.165, 1.54) is 12.8 Å². The van der Waals surface area contributed by atoms with Gasteiger partial charge in [-0.1, -0.05) is 6.07 Å². The number of hydrogen-bond donors (Lipinski definition) is 2. The Labute approximate surface area is 130 Å². The molecule has 0 spiro atoms. The summed E-state index contributed by atoms with van der Waals surface area (Å²) in [7, 11) is 1.65. The predicted octanol–water partition coefficient (Wildman–Crippen LogP) is 2.72. The lowest BCUT2D eigenvalue weighted by atomic mass is 10.2. The Hall–Kier alpha value is -2.50. The minimum absolute atomic E-state index is 0.577. The van der Waals surface area contributed by atoms with E-state index in [1.807, 2.05) is 25.1 Å². The van der Waals surface area contributed by atoms with Gasteiger partial charge < -0.3 is 20.7 Å². The fraction of sp³-hybridized carbons (Fsp3) is 0.375. The van der Waals surface area contributed by atoms with E-state index in [0.29, 0.717) is 11.5 Å². The SMILES string of the molecule is COc1ccc(C)cc1Nc1ncnc(N2CCCC2)c1N. The normalized spacial score (nSPS) is 14.2. The number of rotatable bonds is 4. The molecule has 22 heavy (non-hydrogen) atoms. The van der Waals surface area contributed by atoms with Crippen LogP contribution in [-0.4, -0.2) is 30.2 Å². The summed E-state index contributed by atoms with van der Waals surface area (Å²) in [5.74, 6) is 2.17. The first-order valence-electron chi connectivity index (χ1n) is 7.46. The number of nitrogens with two attached hydrogens (primary N) is 1. The van der Waals surface area contributed by atoms with Crippen LogP contribution in [0, 0.1) is 6.92 Å². The molecule has 6 nitrogen and oxygen atoms in total. The second kappa shape index (κ2) is 6.09. The van der Waals surface area contributed by atoms with Crippen LogP contribution in [0.2, 0.25) is 0 Å². The average molecular weight is 299 g/mol. The minimum atomic E-state index is 0.577. The Morgan fingerprint density at radius 3 is 2.73 bits per heavy atom. The van der Waals surface area contributed by atoms with Gasteiger partial charge in [-0.15, -0.1) is 0 Å². The van der Waals surface area contributed by atoms with Crippen molar-refractivity contribution in [3.05, 3.63) is 30.1 Å². The van der Waals surface area contributed by atoms with Crippen LogP contribution in [0.4, 0.5) is 23.0 Å². The second-order valence-corrected chi connectivity index (χ2v) is 5.48. The van der Waals surface area contributed by atoms with Crippen molar-refractivity contribution in [2.24, 2.45) is 0 Å². The summed E-state index contributed by atoms with van der Waals surface area (Å²) >= 11 is 0. The molecular weight excluding hydrogens is 278 g/mol. The van der Waals surface area contributed by atoms with Gasteiger partial charge in [0, 0.05) is 13.1 Å². The van der Waals surface area contributed by atoms with Gasteiger partial charge in [-0.2, -0.15) is 0 Å². The molecule has 2 aromatic rings. The molecular formula is C16H21N5O. The summed E-state index contributed by atoms with van der Waals surface area (Å²) in [5.41, 5.74) is 8.83. The highest BCUT2D eigenvalue weighted by Crippen LogP contribution is 2.33. The summed E-state index contributed by atoms with van der Waals surface area (Å²) in [4.78, 5) is 10.8. The zero-order valence-corrected chi connectivity index (χ0v) is 13.0. The number of hydrogen-bond acceptors (Lipinski definition) is 6. The van der Waals surface area contributed by atoms with E-state index >= 15 is 0 Å². The van der Waals surface area contributed by atoms with Gasteiger partial charge >= 0.3 is 0 Å². The fourth-order valence-corrected chi connectivity index (χ4v) is 2.71. The van der Waals surface area contributed by atoms with E-state index in [4.69, 9.17) is 10.5 Å². The molecule has 1 aromatic heterocycles. The van der Waals surface area contributed by atoms with E-state index in [0.717, 1.165) is 35.9 Å². The van der Waals surface area contributed by atoms with Crippen LogP contribution in [0.3, 0.4) is 0 Å². The molecule has 0 aliphatic carbocycles. The Morgan fingerprint density at radius 1 is 1.23 bits per heavy atom. The summed E-state index contributed by atoms with van der Waals surface area (Å²) in [5, 5.41) is 3.27. The molecule has 0 unspecified atom stereocenters. The quantitative estimate of drug-likeness (QED) is 0.904. The molecule has 3 N–H and O–H groups in total. The highest BCUT2D eigenvalue weighted by Gasteiger charge is 2.19. The van der Waals surface area contributed by atoms with Gasteiger partial charge in [-0.05, 0) is 37.5 Å². The molecule has 0 saturated carbocycles. The fourth-order valence-electron chi connectivity index (χ4n) is 2.71. The molecule has 1 aliphatic heterocycles. The van der Waals surface area contributed by atoms with Crippen LogP contribution in [0.1, 0.15) is 18.4 Å². The highest BCUT2D eigenvalue weighted by molar-refractivity contribution is 5.80. The molecule has 0 amide bonds. The third-order valence-corrected chi connectivity index (χ3v) is 3.88. The largest absolute Gasteiger partial charge is 0.495 e. The van der Waals surface area contributed by atoms with Crippen LogP contribution < -0.4 is 20.7 Å². The standard InChI is InChI=1S/C16H21N5O/c1-11-5-6-13(22-2)12(9-11)20-15-14(17)16(19-10-18-15)21-7-3-4-8-21/h5-6,9-10H,3-4,7-8,17H2,1-2H3,(H,18,19,20). The van der Waals surface area contributed by atoms with Crippen LogP contribution in [0.15, 0.2) is 24.5 Å². The van der Waals surface area contributed by atoms with Crippen molar-refractivity contribution in [3.63, 3.8) is 0 Å². The van der Waals surface area contributed by atoms with E-state index in [-0.39, 0.29) is 0 Å². The molecule has 0 atom stereocenters. The molecule has 1 saturated heterocycles. The molecule has 3 rings (SSSR count). The lowest BCUT2D eigenvalue weighted by Gasteiger charge is -2.20. The van der Waals surface area contributed by atoms with Crippen molar-refractivity contribution in [1.82, 2.24) is 9.97 Å². The first-order chi connectivity index (χ1) is 10.7. The lowest BCUT2D eigenvalue weighted by molar-refractivity contribution is 0.416. The first kappa shape index (κ1) is 14.4. The smallest absolute Gasteiger partial charge is 0.159 e. The molecule has 0 radical (unpaired) electrons. The zero-order chi connectivity index (χ0) is 15.5. The monoisotopic (exact) mass is 299 g/mol. The van der Waals surface area contributed by atoms with Gasteiger partial charge in [0.1, 0.15) is 17.8 Å². The number of methoxy groups -OCH3 is 1. The maximum absolute atomic E-state index is 6.27. The lowest BCUT2D eigenvalue weighted by Crippen LogP contribution is -2.21. The van der Waals surface area contributed by atoms with Gasteiger partial charge in [0.05, 0.1) is 12.8 Å². The zero-order valence-electron chi connectivity index (χ0n) is 13.0. The Kier molecular flexibility index (Phi) is 4.00. The Bertz CT molecular complexity index is 668. The maximum Gasteiger partial charge on any atom is 0.159 e. The molecule has 0 bridgehead atoms. The van der Waals surface area contributed by atoms with Gasteiger partial charge in [0.15, 0.2) is 11.6 Å². The third kappa shape index (κ3) is 2.77. The number of anilines is 4. The van der Waals surface area contributed by atoms with Crippen molar-refractivity contribution >= 4 is 23.0 Å². The third-order valence-electron chi connectivity index (χ3n) is 3.88. The van der Waals surface area contributed by atoms with Crippen LogP contribution in [-0.2, 0) is 0 Å². The molecule has 116 valence electrons. The van der Waals surface area contributed by atoms with Gasteiger partial charge in [0.2, 0.25) is 0 Å².